The number of carbonyl (C=O) groups excluding carboxylic acids is 1. The molecule has 0 aromatic carbocycles. The van der Waals surface area contributed by atoms with Crippen LogP contribution in [0.1, 0.15) is 40.2 Å². The fourth-order valence-corrected chi connectivity index (χ4v) is 3.58. The van der Waals surface area contributed by atoms with E-state index in [1.54, 1.807) is 6.07 Å². The molecule has 19 heavy (non-hydrogen) atoms. The molecule has 1 aliphatic rings. The SMILES string of the molecule is NNC(=O)c1ccc(CN(CCO)C2CCCC2)s1. The molecule has 1 saturated carbocycles. The summed E-state index contributed by atoms with van der Waals surface area (Å²) in [5.74, 6) is 4.88. The lowest BCUT2D eigenvalue weighted by atomic mass is 10.2. The third-order valence-electron chi connectivity index (χ3n) is 3.60. The number of thiophene rings is 1. The van der Waals surface area contributed by atoms with Crippen LogP contribution in [0.4, 0.5) is 0 Å². The monoisotopic (exact) mass is 283 g/mol. The van der Waals surface area contributed by atoms with E-state index in [-0.39, 0.29) is 12.5 Å². The second-order valence-corrected chi connectivity index (χ2v) is 6.04. The van der Waals surface area contributed by atoms with Gasteiger partial charge >= 0.3 is 0 Å². The van der Waals surface area contributed by atoms with E-state index in [4.69, 9.17) is 5.84 Å². The van der Waals surface area contributed by atoms with Crippen molar-refractivity contribution in [3.8, 4) is 0 Å². The Labute approximate surface area is 117 Å². The first kappa shape index (κ1) is 14.5. The van der Waals surface area contributed by atoms with Gasteiger partial charge in [0.05, 0.1) is 11.5 Å². The van der Waals surface area contributed by atoms with Gasteiger partial charge < -0.3 is 5.11 Å². The van der Waals surface area contributed by atoms with Gasteiger partial charge in [-0.2, -0.15) is 0 Å². The van der Waals surface area contributed by atoms with Crippen LogP contribution in [0, 0.1) is 0 Å². The first-order valence-corrected chi connectivity index (χ1v) is 7.51. The number of hydrogen-bond donors (Lipinski definition) is 3. The van der Waals surface area contributed by atoms with Crippen LogP contribution in [0.2, 0.25) is 0 Å². The maximum atomic E-state index is 11.4. The molecule has 0 aliphatic heterocycles. The zero-order valence-corrected chi connectivity index (χ0v) is 11.8. The molecule has 0 radical (unpaired) electrons. The van der Waals surface area contributed by atoms with Gasteiger partial charge in [-0.05, 0) is 25.0 Å². The van der Waals surface area contributed by atoms with Crippen molar-refractivity contribution in [3.05, 3.63) is 21.9 Å². The topological polar surface area (TPSA) is 78.6 Å². The quantitative estimate of drug-likeness (QED) is 0.415. The van der Waals surface area contributed by atoms with E-state index in [1.165, 1.54) is 37.0 Å². The van der Waals surface area contributed by atoms with Gasteiger partial charge in [-0.1, -0.05) is 12.8 Å². The molecule has 5 nitrogen and oxygen atoms in total. The highest BCUT2D eigenvalue weighted by molar-refractivity contribution is 7.14. The second kappa shape index (κ2) is 7.00. The van der Waals surface area contributed by atoms with Gasteiger partial charge in [0.15, 0.2) is 0 Å². The number of nitrogen functional groups attached to an aromatic ring is 1. The Morgan fingerprint density at radius 1 is 1.47 bits per heavy atom. The summed E-state index contributed by atoms with van der Waals surface area (Å²) >= 11 is 1.46. The number of nitrogens with one attached hydrogen (secondary N) is 1. The molecule has 1 aliphatic carbocycles. The van der Waals surface area contributed by atoms with Crippen LogP contribution in [0.25, 0.3) is 0 Å². The molecule has 106 valence electrons. The van der Waals surface area contributed by atoms with Gasteiger partial charge in [-0.15, -0.1) is 11.3 Å². The summed E-state index contributed by atoms with van der Waals surface area (Å²) in [6, 6.07) is 4.34. The highest BCUT2D eigenvalue weighted by Crippen LogP contribution is 2.26. The zero-order chi connectivity index (χ0) is 13.7. The van der Waals surface area contributed by atoms with E-state index in [2.05, 4.69) is 10.3 Å². The summed E-state index contributed by atoms with van der Waals surface area (Å²) in [5, 5.41) is 9.19. The molecular weight excluding hydrogens is 262 g/mol. The molecule has 4 N–H and O–H groups in total. The summed E-state index contributed by atoms with van der Waals surface area (Å²) in [6.45, 7) is 1.67. The van der Waals surface area contributed by atoms with Crippen LogP contribution in [-0.4, -0.2) is 35.1 Å². The Hall–Kier alpha value is -0.950. The van der Waals surface area contributed by atoms with Crippen LogP contribution >= 0.6 is 11.3 Å². The molecule has 0 saturated heterocycles. The lowest BCUT2D eigenvalue weighted by Crippen LogP contribution is -2.34. The summed E-state index contributed by atoms with van der Waals surface area (Å²) < 4.78 is 0. The Balaban J connectivity index is 1.99. The van der Waals surface area contributed by atoms with Crippen molar-refractivity contribution >= 4 is 17.2 Å². The van der Waals surface area contributed by atoms with E-state index >= 15 is 0 Å². The van der Waals surface area contributed by atoms with Crippen molar-refractivity contribution in [1.29, 1.82) is 0 Å². The number of aliphatic hydroxyl groups excluding tert-OH is 1. The van der Waals surface area contributed by atoms with Crippen molar-refractivity contribution in [2.75, 3.05) is 13.2 Å². The predicted octanol–water partition coefficient (Wildman–Crippen LogP) is 1.09. The maximum Gasteiger partial charge on any atom is 0.275 e. The number of aliphatic hydroxyl groups is 1. The Bertz CT molecular complexity index is 416. The number of hydrazine groups is 1. The molecule has 1 aromatic rings. The van der Waals surface area contributed by atoms with Gasteiger partial charge in [0, 0.05) is 24.0 Å². The number of carbonyl (C=O) groups is 1. The number of nitrogens with two attached hydrogens (primary N) is 1. The minimum Gasteiger partial charge on any atom is -0.395 e. The minimum absolute atomic E-state index is 0.179. The van der Waals surface area contributed by atoms with Gasteiger partial charge in [0.2, 0.25) is 0 Å². The van der Waals surface area contributed by atoms with Crippen molar-refractivity contribution in [2.24, 2.45) is 5.84 Å². The predicted molar refractivity (Wildman–Crippen MR) is 75.7 cm³/mol. The van der Waals surface area contributed by atoms with Crippen LogP contribution in [-0.2, 0) is 6.54 Å². The minimum atomic E-state index is -0.245. The Morgan fingerprint density at radius 2 is 2.21 bits per heavy atom. The number of hydrogen-bond acceptors (Lipinski definition) is 5. The van der Waals surface area contributed by atoms with Crippen molar-refractivity contribution < 1.29 is 9.90 Å². The first-order chi connectivity index (χ1) is 9.24. The third-order valence-corrected chi connectivity index (χ3v) is 4.67. The first-order valence-electron chi connectivity index (χ1n) is 6.69. The number of nitrogens with zero attached hydrogens (tertiary/aromatic N) is 1. The van der Waals surface area contributed by atoms with Crippen molar-refractivity contribution in [3.63, 3.8) is 0 Å². The lowest BCUT2D eigenvalue weighted by Gasteiger charge is -2.27. The van der Waals surface area contributed by atoms with E-state index in [0.29, 0.717) is 17.5 Å². The smallest absolute Gasteiger partial charge is 0.275 e. The fraction of sp³-hybridized carbons (Fsp3) is 0.615. The van der Waals surface area contributed by atoms with E-state index in [1.807, 2.05) is 6.07 Å². The van der Waals surface area contributed by atoms with E-state index < -0.39 is 0 Å². The van der Waals surface area contributed by atoms with Gasteiger partial charge in [0.25, 0.3) is 5.91 Å². The van der Waals surface area contributed by atoms with Crippen LogP contribution in [0.15, 0.2) is 12.1 Å². The normalized spacial score (nSPS) is 16.2. The van der Waals surface area contributed by atoms with Crippen LogP contribution in [0.3, 0.4) is 0 Å². The maximum absolute atomic E-state index is 11.4. The summed E-state index contributed by atoms with van der Waals surface area (Å²) in [5.41, 5.74) is 2.15. The fourth-order valence-electron chi connectivity index (χ4n) is 2.64. The van der Waals surface area contributed by atoms with E-state index in [9.17, 15) is 9.90 Å². The van der Waals surface area contributed by atoms with E-state index in [0.717, 1.165) is 11.4 Å². The number of amides is 1. The molecule has 0 unspecified atom stereocenters. The lowest BCUT2D eigenvalue weighted by molar-refractivity contribution is 0.0957. The average molecular weight is 283 g/mol. The van der Waals surface area contributed by atoms with Crippen LogP contribution in [0.5, 0.6) is 0 Å². The molecule has 1 aromatic heterocycles. The highest BCUT2D eigenvalue weighted by Gasteiger charge is 2.22. The van der Waals surface area contributed by atoms with Gasteiger partial charge in [-0.3, -0.25) is 15.1 Å². The van der Waals surface area contributed by atoms with Gasteiger partial charge in [-0.25, -0.2) is 5.84 Å². The average Bonchev–Trinajstić information content (AvgIpc) is 3.08. The second-order valence-electron chi connectivity index (χ2n) is 4.87. The largest absolute Gasteiger partial charge is 0.395 e. The molecule has 1 amide bonds. The van der Waals surface area contributed by atoms with Crippen molar-refractivity contribution in [2.45, 2.75) is 38.3 Å². The standard InChI is InChI=1S/C13H21N3O2S/c14-15-13(18)12-6-5-11(19-12)9-16(7-8-17)10-3-1-2-4-10/h5-6,10,17H,1-4,7-9,14H2,(H,15,18). The number of rotatable bonds is 6. The Kier molecular flexibility index (Phi) is 5.33. The molecule has 1 fully saturated rings. The molecule has 1 heterocycles. The highest BCUT2D eigenvalue weighted by atomic mass is 32.1. The molecule has 0 bridgehead atoms. The molecule has 2 rings (SSSR count). The summed E-state index contributed by atoms with van der Waals surface area (Å²) in [7, 11) is 0. The summed E-state index contributed by atoms with van der Waals surface area (Å²) in [4.78, 5) is 15.5. The van der Waals surface area contributed by atoms with Gasteiger partial charge in [0.1, 0.15) is 0 Å². The summed E-state index contributed by atoms with van der Waals surface area (Å²) in [6.07, 6.45) is 4.97. The molecule has 0 spiro atoms. The molecule has 0 atom stereocenters. The zero-order valence-electron chi connectivity index (χ0n) is 11.0. The molecule has 6 heteroatoms. The molecular formula is C13H21N3O2S. The third kappa shape index (κ3) is 3.76. The van der Waals surface area contributed by atoms with Crippen molar-refractivity contribution in [1.82, 2.24) is 10.3 Å². The van der Waals surface area contributed by atoms with Crippen LogP contribution < -0.4 is 11.3 Å². The Morgan fingerprint density at radius 3 is 2.84 bits per heavy atom.